The largest absolute Gasteiger partial charge is 0.398 e. The first kappa shape index (κ1) is 14.8. The molecule has 0 spiro atoms. The third kappa shape index (κ3) is 3.20. The summed E-state index contributed by atoms with van der Waals surface area (Å²) in [4.78, 5) is 20.8. The van der Waals surface area contributed by atoms with Crippen LogP contribution in [0.15, 0.2) is 30.5 Å². The van der Waals surface area contributed by atoms with Gasteiger partial charge in [0, 0.05) is 41.0 Å². The summed E-state index contributed by atoms with van der Waals surface area (Å²) < 4.78 is 0. The second-order valence-corrected chi connectivity index (χ2v) is 6.00. The number of rotatable bonds is 4. The molecule has 0 saturated heterocycles. The zero-order valence-electron chi connectivity index (χ0n) is 12.2. The van der Waals surface area contributed by atoms with Crippen LogP contribution >= 0.6 is 11.6 Å². The standard InChI is InChI=1S/C16H17ClN4O/c1-9-4-5-19-15(21-9)12-7-13(12)16(22)20-8-10-2-3-11(17)6-14(10)18/h2-6,12-13H,7-8,18H2,1H3,(H,20,22)/t12-,13-/m0/s1. The van der Waals surface area contributed by atoms with E-state index in [1.165, 1.54) is 0 Å². The van der Waals surface area contributed by atoms with Crippen LogP contribution in [0.5, 0.6) is 0 Å². The molecule has 1 aromatic heterocycles. The summed E-state index contributed by atoms with van der Waals surface area (Å²) in [5.41, 5.74) is 8.25. The van der Waals surface area contributed by atoms with Crippen molar-refractivity contribution < 1.29 is 4.79 Å². The van der Waals surface area contributed by atoms with Crippen molar-refractivity contribution in [3.8, 4) is 0 Å². The second kappa shape index (κ2) is 5.93. The lowest BCUT2D eigenvalue weighted by molar-refractivity contribution is -0.122. The van der Waals surface area contributed by atoms with Crippen LogP contribution in [-0.4, -0.2) is 15.9 Å². The number of benzene rings is 1. The number of hydrogen-bond acceptors (Lipinski definition) is 4. The topological polar surface area (TPSA) is 80.9 Å². The number of halogens is 1. The smallest absolute Gasteiger partial charge is 0.224 e. The molecule has 5 nitrogen and oxygen atoms in total. The summed E-state index contributed by atoms with van der Waals surface area (Å²) in [7, 11) is 0. The van der Waals surface area contributed by atoms with Gasteiger partial charge in [-0.05, 0) is 37.1 Å². The quantitative estimate of drug-likeness (QED) is 0.849. The molecule has 1 saturated carbocycles. The van der Waals surface area contributed by atoms with Gasteiger partial charge in [-0.1, -0.05) is 17.7 Å². The molecule has 1 aliphatic carbocycles. The van der Waals surface area contributed by atoms with E-state index in [1.54, 1.807) is 18.3 Å². The lowest BCUT2D eigenvalue weighted by Gasteiger charge is -2.08. The summed E-state index contributed by atoms with van der Waals surface area (Å²) in [5.74, 6) is 0.855. The molecule has 0 radical (unpaired) electrons. The number of nitrogens with one attached hydrogen (secondary N) is 1. The number of nitrogens with zero attached hydrogens (tertiary/aromatic N) is 2. The molecule has 0 bridgehead atoms. The molecule has 3 rings (SSSR count). The number of amides is 1. The monoisotopic (exact) mass is 316 g/mol. The fraction of sp³-hybridized carbons (Fsp3) is 0.312. The minimum atomic E-state index is -0.0460. The van der Waals surface area contributed by atoms with Crippen molar-refractivity contribution in [1.82, 2.24) is 15.3 Å². The average molecular weight is 317 g/mol. The number of anilines is 1. The van der Waals surface area contributed by atoms with Gasteiger partial charge in [-0.3, -0.25) is 4.79 Å². The molecule has 0 unspecified atom stereocenters. The Balaban J connectivity index is 1.58. The maximum atomic E-state index is 12.2. The highest BCUT2D eigenvalue weighted by molar-refractivity contribution is 6.30. The molecule has 3 N–H and O–H groups in total. The summed E-state index contributed by atoms with van der Waals surface area (Å²) in [6.45, 7) is 2.33. The van der Waals surface area contributed by atoms with Gasteiger partial charge in [-0.2, -0.15) is 0 Å². The first-order valence-corrected chi connectivity index (χ1v) is 7.53. The van der Waals surface area contributed by atoms with E-state index < -0.39 is 0 Å². The molecule has 2 atom stereocenters. The third-order valence-electron chi connectivity index (χ3n) is 3.83. The van der Waals surface area contributed by atoms with Crippen LogP contribution in [0.1, 0.15) is 29.4 Å². The Morgan fingerprint density at radius 3 is 3.00 bits per heavy atom. The molecule has 1 fully saturated rings. The highest BCUT2D eigenvalue weighted by Crippen LogP contribution is 2.46. The Kier molecular flexibility index (Phi) is 3.98. The fourth-order valence-electron chi connectivity index (χ4n) is 2.46. The highest BCUT2D eigenvalue weighted by atomic mass is 35.5. The van der Waals surface area contributed by atoms with Gasteiger partial charge in [0.15, 0.2) is 0 Å². The Morgan fingerprint density at radius 1 is 1.45 bits per heavy atom. The van der Waals surface area contributed by atoms with Crippen LogP contribution in [0.3, 0.4) is 0 Å². The molecule has 2 aromatic rings. The van der Waals surface area contributed by atoms with Gasteiger partial charge < -0.3 is 11.1 Å². The zero-order chi connectivity index (χ0) is 15.7. The molecule has 1 aromatic carbocycles. The number of aromatic nitrogens is 2. The Morgan fingerprint density at radius 2 is 2.27 bits per heavy atom. The second-order valence-electron chi connectivity index (χ2n) is 5.57. The third-order valence-corrected chi connectivity index (χ3v) is 4.07. The van der Waals surface area contributed by atoms with Crippen molar-refractivity contribution >= 4 is 23.2 Å². The molecule has 1 amide bonds. The van der Waals surface area contributed by atoms with Gasteiger partial charge in [0.2, 0.25) is 5.91 Å². The predicted octanol–water partition coefficient (Wildman–Crippen LogP) is 2.44. The van der Waals surface area contributed by atoms with Gasteiger partial charge >= 0.3 is 0 Å². The first-order valence-electron chi connectivity index (χ1n) is 7.16. The lowest BCUT2D eigenvalue weighted by Crippen LogP contribution is -2.25. The van der Waals surface area contributed by atoms with Gasteiger partial charge in [-0.25, -0.2) is 9.97 Å². The fourth-order valence-corrected chi connectivity index (χ4v) is 2.64. The Bertz CT molecular complexity index is 719. The lowest BCUT2D eigenvalue weighted by atomic mass is 10.2. The molecular weight excluding hydrogens is 300 g/mol. The van der Waals surface area contributed by atoms with Crippen LogP contribution in [0.2, 0.25) is 5.02 Å². The van der Waals surface area contributed by atoms with Crippen LogP contribution in [0.25, 0.3) is 0 Å². The van der Waals surface area contributed by atoms with Gasteiger partial charge in [0.05, 0.1) is 0 Å². The Labute approximate surface area is 133 Å². The maximum absolute atomic E-state index is 12.2. The molecule has 6 heteroatoms. The van der Waals surface area contributed by atoms with Crippen LogP contribution in [0, 0.1) is 12.8 Å². The minimum absolute atomic E-state index is 0.0180. The van der Waals surface area contributed by atoms with E-state index in [2.05, 4.69) is 15.3 Å². The number of aryl methyl sites for hydroxylation is 1. The van der Waals surface area contributed by atoms with E-state index in [0.29, 0.717) is 17.3 Å². The van der Waals surface area contributed by atoms with Crippen LogP contribution < -0.4 is 11.1 Å². The summed E-state index contributed by atoms with van der Waals surface area (Å²) >= 11 is 5.86. The van der Waals surface area contributed by atoms with Gasteiger partial charge in [0.25, 0.3) is 0 Å². The van der Waals surface area contributed by atoms with Crippen LogP contribution in [-0.2, 0) is 11.3 Å². The summed E-state index contributed by atoms with van der Waals surface area (Å²) in [6, 6.07) is 7.12. The molecule has 114 valence electrons. The van der Waals surface area contributed by atoms with Gasteiger partial charge in [-0.15, -0.1) is 0 Å². The van der Waals surface area contributed by atoms with E-state index in [9.17, 15) is 4.79 Å². The van der Waals surface area contributed by atoms with Crippen molar-refractivity contribution in [2.45, 2.75) is 25.8 Å². The number of hydrogen-bond donors (Lipinski definition) is 2. The molecule has 0 aliphatic heterocycles. The van der Waals surface area contributed by atoms with Crippen LogP contribution in [0.4, 0.5) is 5.69 Å². The summed E-state index contributed by atoms with van der Waals surface area (Å²) in [6.07, 6.45) is 2.53. The normalized spacial score (nSPS) is 19.7. The maximum Gasteiger partial charge on any atom is 0.224 e. The highest BCUT2D eigenvalue weighted by Gasteiger charge is 2.45. The number of nitrogen functional groups attached to an aromatic ring is 1. The van der Waals surface area contributed by atoms with Gasteiger partial charge in [0.1, 0.15) is 5.82 Å². The van der Waals surface area contributed by atoms with Crippen molar-refractivity contribution in [2.75, 3.05) is 5.73 Å². The van der Waals surface area contributed by atoms with E-state index in [1.807, 2.05) is 19.1 Å². The van der Waals surface area contributed by atoms with E-state index in [0.717, 1.165) is 23.5 Å². The van der Waals surface area contributed by atoms with Crippen molar-refractivity contribution in [2.24, 2.45) is 5.92 Å². The number of carbonyl (C=O) groups is 1. The van der Waals surface area contributed by atoms with Crippen molar-refractivity contribution in [1.29, 1.82) is 0 Å². The molecule has 1 aliphatic rings. The van der Waals surface area contributed by atoms with Crippen molar-refractivity contribution in [3.63, 3.8) is 0 Å². The first-order chi connectivity index (χ1) is 10.5. The predicted molar refractivity (Wildman–Crippen MR) is 85.3 cm³/mol. The Hall–Kier alpha value is -2.14. The molecular formula is C16H17ClN4O. The number of carbonyl (C=O) groups excluding carboxylic acids is 1. The van der Waals surface area contributed by atoms with E-state index in [-0.39, 0.29) is 17.7 Å². The molecule has 22 heavy (non-hydrogen) atoms. The zero-order valence-corrected chi connectivity index (χ0v) is 13.0. The average Bonchev–Trinajstić information content (AvgIpc) is 3.26. The SMILES string of the molecule is Cc1ccnc([C@H]2C[C@@H]2C(=O)NCc2ccc(Cl)cc2N)n1. The van der Waals surface area contributed by atoms with E-state index >= 15 is 0 Å². The number of nitrogens with two attached hydrogens (primary N) is 1. The van der Waals surface area contributed by atoms with Crippen molar-refractivity contribution in [3.05, 3.63) is 52.6 Å². The summed E-state index contributed by atoms with van der Waals surface area (Å²) in [5, 5.41) is 3.51. The van der Waals surface area contributed by atoms with E-state index in [4.69, 9.17) is 17.3 Å². The molecule has 1 heterocycles. The minimum Gasteiger partial charge on any atom is -0.398 e.